The molecule has 2 amide bonds. The zero-order valence-corrected chi connectivity index (χ0v) is 9.72. The van der Waals surface area contributed by atoms with E-state index < -0.39 is 22.1 Å². The first kappa shape index (κ1) is 12.3. The van der Waals surface area contributed by atoms with Gasteiger partial charge in [0.15, 0.2) is 0 Å². The minimum atomic E-state index is -4.34. The molecule has 0 atom stereocenters. The van der Waals surface area contributed by atoms with E-state index in [0.29, 0.717) is 5.69 Å². The van der Waals surface area contributed by atoms with Gasteiger partial charge in [0.2, 0.25) is 0 Å². The molecular weight excluding hydrogens is 260 g/mol. The zero-order chi connectivity index (χ0) is 13.3. The van der Waals surface area contributed by atoms with Gasteiger partial charge in [0, 0.05) is 12.2 Å². The minimum absolute atomic E-state index is 0.119. The molecule has 0 saturated carbocycles. The number of amides is 2. The van der Waals surface area contributed by atoms with Crippen molar-refractivity contribution < 1.29 is 22.6 Å². The predicted octanol–water partition coefficient (Wildman–Crippen LogP) is 0.331. The number of nitrogens with one attached hydrogen (secondary N) is 1. The summed E-state index contributed by atoms with van der Waals surface area (Å²) in [7, 11) is -4.34. The van der Waals surface area contributed by atoms with Crippen LogP contribution in [0.15, 0.2) is 36.4 Å². The van der Waals surface area contributed by atoms with Crippen molar-refractivity contribution in [2.45, 2.75) is 0 Å². The molecule has 0 saturated heterocycles. The molecule has 0 fully saturated rings. The average molecular weight is 268 g/mol. The molecule has 1 aliphatic rings. The van der Waals surface area contributed by atoms with Gasteiger partial charge in [-0.3, -0.25) is 18.9 Å². The van der Waals surface area contributed by atoms with Gasteiger partial charge in [-0.1, -0.05) is 0 Å². The Balaban J connectivity index is 2.23. The lowest BCUT2D eigenvalue weighted by molar-refractivity contribution is -0.119. The Morgan fingerprint density at radius 3 is 1.94 bits per heavy atom. The number of carbonyl (C=O) groups excluding carboxylic acids is 2. The quantitative estimate of drug-likeness (QED) is 0.607. The smallest absolute Gasteiger partial charge is 0.269 e. The van der Waals surface area contributed by atoms with Crippen molar-refractivity contribution in [2.75, 3.05) is 9.62 Å². The lowest BCUT2D eigenvalue weighted by Crippen LogP contribution is -2.29. The van der Waals surface area contributed by atoms with Crippen molar-refractivity contribution in [1.29, 1.82) is 0 Å². The van der Waals surface area contributed by atoms with Crippen LogP contribution in [0.2, 0.25) is 0 Å². The third kappa shape index (κ3) is 2.55. The van der Waals surface area contributed by atoms with E-state index in [0.717, 1.165) is 17.1 Å². The van der Waals surface area contributed by atoms with Crippen LogP contribution >= 0.6 is 0 Å². The third-order valence-corrected chi connectivity index (χ3v) is 2.68. The van der Waals surface area contributed by atoms with Gasteiger partial charge in [0.05, 0.1) is 11.4 Å². The fourth-order valence-electron chi connectivity index (χ4n) is 1.48. The summed E-state index contributed by atoms with van der Waals surface area (Å²) in [6.07, 6.45) is 2.29. The summed E-state index contributed by atoms with van der Waals surface area (Å²) in [6, 6.07) is 5.41. The standard InChI is InChI=1S/C10H8N2O5S/c13-9-5-6-10(14)12(9)8-3-1-7(2-4-8)11-18(15,16)17/h1-6,11H,(H,15,16,17). The molecule has 8 heteroatoms. The van der Waals surface area contributed by atoms with Crippen LogP contribution in [0.25, 0.3) is 0 Å². The molecule has 1 aliphatic heterocycles. The molecule has 1 aromatic rings. The van der Waals surface area contributed by atoms with Crippen LogP contribution in [-0.2, 0) is 19.9 Å². The Morgan fingerprint density at radius 1 is 1.00 bits per heavy atom. The first-order valence-corrected chi connectivity index (χ1v) is 6.22. The highest BCUT2D eigenvalue weighted by Gasteiger charge is 2.24. The van der Waals surface area contributed by atoms with Crippen LogP contribution in [0, 0.1) is 0 Å². The minimum Gasteiger partial charge on any atom is -0.269 e. The summed E-state index contributed by atoms with van der Waals surface area (Å²) in [5.74, 6) is -0.925. The second-order valence-corrected chi connectivity index (χ2v) is 4.62. The lowest BCUT2D eigenvalue weighted by Gasteiger charge is -2.14. The number of hydrogen-bond donors (Lipinski definition) is 2. The number of carbonyl (C=O) groups is 2. The first-order chi connectivity index (χ1) is 8.37. The van der Waals surface area contributed by atoms with Gasteiger partial charge in [-0.05, 0) is 24.3 Å². The fraction of sp³-hybridized carbons (Fsp3) is 0. The zero-order valence-electron chi connectivity index (χ0n) is 8.90. The summed E-state index contributed by atoms with van der Waals surface area (Å²) in [4.78, 5) is 23.7. The second kappa shape index (κ2) is 4.24. The normalized spacial score (nSPS) is 15.3. The summed E-state index contributed by atoms with van der Waals surface area (Å²) in [6.45, 7) is 0. The summed E-state index contributed by atoms with van der Waals surface area (Å²) in [5.41, 5.74) is 0.434. The van der Waals surface area contributed by atoms with Crippen LogP contribution < -0.4 is 9.62 Å². The van der Waals surface area contributed by atoms with Crippen LogP contribution in [0.5, 0.6) is 0 Å². The molecule has 0 aromatic heterocycles. The van der Waals surface area contributed by atoms with E-state index in [2.05, 4.69) is 0 Å². The van der Waals surface area contributed by atoms with Crippen molar-refractivity contribution in [2.24, 2.45) is 0 Å². The van der Waals surface area contributed by atoms with Crippen LogP contribution in [0.3, 0.4) is 0 Å². The molecular formula is C10H8N2O5S. The molecule has 0 aliphatic carbocycles. The first-order valence-electron chi connectivity index (χ1n) is 4.78. The van der Waals surface area contributed by atoms with Crippen molar-refractivity contribution in [3.8, 4) is 0 Å². The van der Waals surface area contributed by atoms with Crippen molar-refractivity contribution in [3.05, 3.63) is 36.4 Å². The van der Waals surface area contributed by atoms with E-state index in [9.17, 15) is 18.0 Å². The topological polar surface area (TPSA) is 104 Å². The molecule has 7 nitrogen and oxygen atoms in total. The van der Waals surface area contributed by atoms with Gasteiger partial charge < -0.3 is 0 Å². The van der Waals surface area contributed by atoms with Crippen LogP contribution in [0.4, 0.5) is 11.4 Å². The third-order valence-electron chi connectivity index (χ3n) is 2.18. The SMILES string of the molecule is O=C1C=CC(=O)N1c1ccc(NS(=O)(=O)O)cc1. The number of nitrogens with zero attached hydrogens (tertiary/aromatic N) is 1. The number of rotatable bonds is 3. The summed E-state index contributed by atoms with van der Waals surface area (Å²) < 4.78 is 31.5. The largest absolute Gasteiger partial charge is 0.357 e. The van der Waals surface area contributed by atoms with Crippen molar-refractivity contribution in [3.63, 3.8) is 0 Å². The molecule has 2 rings (SSSR count). The van der Waals surface area contributed by atoms with E-state index in [1.54, 1.807) is 0 Å². The van der Waals surface area contributed by atoms with Crippen molar-refractivity contribution >= 4 is 33.5 Å². The van der Waals surface area contributed by atoms with E-state index in [1.165, 1.54) is 24.3 Å². The predicted molar refractivity (Wildman–Crippen MR) is 63.2 cm³/mol. The van der Waals surface area contributed by atoms with Gasteiger partial charge in [-0.2, -0.15) is 8.42 Å². The number of imide groups is 1. The maximum absolute atomic E-state index is 11.4. The molecule has 0 radical (unpaired) electrons. The Kier molecular flexibility index (Phi) is 2.89. The summed E-state index contributed by atoms with van der Waals surface area (Å²) in [5, 5.41) is 0. The molecule has 18 heavy (non-hydrogen) atoms. The van der Waals surface area contributed by atoms with E-state index in [4.69, 9.17) is 4.55 Å². The van der Waals surface area contributed by atoms with E-state index in [1.807, 2.05) is 4.72 Å². The maximum atomic E-state index is 11.4. The van der Waals surface area contributed by atoms with Crippen molar-refractivity contribution in [1.82, 2.24) is 0 Å². The van der Waals surface area contributed by atoms with Crippen LogP contribution in [-0.4, -0.2) is 24.8 Å². The highest BCUT2D eigenvalue weighted by molar-refractivity contribution is 7.87. The molecule has 1 aromatic carbocycles. The van der Waals surface area contributed by atoms with Gasteiger partial charge in [0.1, 0.15) is 0 Å². The highest BCUT2D eigenvalue weighted by atomic mass is 32.2. The fourth-order valence-corrected chi connectivity index (χ4v) is 1.92. The average Bonchev–Trinajstić information content (AvgIpc) is 2.58. The van der Waals surface area contributed by atoms with Gasteiger partial charge >= 0.3 is 10.3 Å². The Labute approximate surface area is 103 Å². The maximum Gasteiger partial charge on any atom is 0.357 e. The Morgan fingerprint density at radius 2 is 1.50 bits per heavy atom. The molecule has 0 unspecified atom stereocenters. The lowest BCUT2D eigenvalue weighted by atomic mass is 10.2. The molecule has 2 N–H and O–H groups in total. The second-order valence-electron chi connectivity index (χ2n) is 3.47. The number of anilines is 2. The highest BCUT2D eigenvalue weighted by Crippen LogP contribution is 2.21. The Bertz CT molecular complexity index is 615. The molecule has 1 heterocycles. The number of benzene rings is 1. The molecule has 0 bridgehead atoms. The van der Waals surface area contributed by atoms with Gasteiger partial charge in [-0.15, -0.1) is 0 Å². The Hall–Kier alpha value is -2.19. The van der Waals surface area contributed by atoms with Gasteiger partial charge in [0.25, 0.3) is 11.8 Å². The molecule has 94 valence electrons. The van der Waals surface area contributed by atoms with E-state index >= 15 is 0 Å². The summed E-state index contributed by atoms with van der Waals surface area (Å²) >= 11 is 0. The van der Waals surface area contributed by atoms with Gasteiger partial charge in [-0.25, -0.2) is 4.90 Å². The molecule has 0 spiro atoms. The number of hydrogen-bond acceptors (Lipinski definition) is 4. The van der Waals surface area contributed by atoms with Crippen LogP contribution in [0.1, 0.15) is 0 Å². The van der Waals surface area contributed by atoms with E-state index in [-0.39, 0.29) is 5.69 Å². The monoisotopic (exact) mass is 268 g/mol.